The van der Waals surface area contributed by atoms with Gasteiger partial charge in [0, 0.05) is 5.56 Å². The van der Waals surface area contributed by atoms with Crippen molar-refractivity contribution in [2.45, 2.75) is 22.9 Å². The molecule has 3 atom stereocenters. The molecule has 0 N–H and O–H groups in total. The third kappa shape index (κ3) is 2.96. The summed E-state index contributed by atoms with van der Waals surface area (Å²) in [4.78, 5) is 11.6. The van der Waals surface area contributed by atoms with Crippen LogP contribution in [0.3, 0.4) is 0 Å². The van der Waals surface area contributed by atoms with E-state index in [9.17, 15) is 13.2 Å². The largest absolute Gasteiger partial charge is 0.291 e. The van der Waals surface area contributed by atoms with Gasteiger partial charge in [-0.05, 0) is 24.6 Å². The number of rotatable bonds is 5. The monoisotopic (exact) mass is 411 g/mol. The molecule has 0 radical (unpaired) electrons. The molecule has 1 unspecified atom stereocenters. The van der Waals surface area contributed by atoms with Gasteiger partial charge >= 0.3 is 0 Å². The molecule has 4 nitrogen and oxygen atoms in total. The van der Waals surface area contributed by atoms with Gasteiger partial charge in [0.25, 0.3) is 0 Å². The fraction of sp³-hybridized carbons (Fsp3) is 0.136. The average molecular weight is 412 g/mol. The Labute approximate surface area is 169 Å². The van der Waals surface area contributed by atoms with Crippen LogP contribution >= 0.6 is 11.6 Å². The van der Waals surface area contributed by atoms with Gasteiger partial charge in [-0.25, -0.2) is 8.42 Å². The molecular weight excluding hydrogens is 394 g/mol. The summed E-state index contributed by atoms with van der Waals surface area (Å²) in [5.74, 6) is -0.431. The van der Waals surface area contributed by atoms with Gasteiger partial charge in [0.15, 0.2) is 5.00 Å². The van der Waals surface area contributed by atoms with Crippen LogP contribution in [0.15, 0.2) is 89.8 Å². The molecule has 3 aromatic carbocycles. The normalized spacial score (nSPS) is 23.9. The Balaban J connectivity index is 1.82. The fourth-order valence-electron chi connectivity index (χ4n) is 3.39. The van der Waals surface area contributed by atoms with E-state index in [4.69, 9.17) is 11.6 Å². The van der Waals surface area contributed by atoms with Crippen molar-refractivity contribution >= 4 is 27.4 Å². The molecule has 0 amide bonds. The highest BCUT2D eigenvalue weighted by atomic mass is 35.5. The molecule has 1 aliphatic heterocycles. The summed E-state index contributed by atoms with van der Waals surface area (Å²) < 4.78 is 27.7. The van der Waals surface area contributed by atoms with Crippen molar-refractivity contribution in [3.8, 4) is 0 Å². The predicted molar refractivity (Wildman–Crippen MR) is 109 cm³/mol. The number of sulfonamides is 1. The van der Waals surface area contributed by atoms with Crippen LogP contribution in [0.4, 0.5) is 0 Å². The van der Waals surface area contributed by atoms with E-state index >= 15 is 0 Å². The molecule has 0 saturated carbocycles. The number of hydrogen-bond acceptors (Lipinski definition) is 3. The fourth-order valence-corrected chi connectivity index (χ4v) is 5.87. The number of benzene rings is 3. The van der Waals surface area contributed by atoms with Gasteiger partial charge in [-0.15, -0.1) is 0 Å². The number of halogens is 1. The Morgan fingerprint density at radius 1 is 0.893 bits per heavy atom. The summed E-state index contributed by atoms with van der Waals surface area (Å²) in [7, 11) is -3.95. The summed E-state index contributed by atoms with van der Waals surface area (Å²) >= 11 is 6.77. The van der Waals surface area contributed by atoms with Crippen molar-refractivity contribution in [3.63, 3.8) is 0 Å². The number of carbonyl (C=O) groups is 1. The Morgan fingerprint density at radius 3 is 2.00 bits per heavy atom. The van der Waals surface area contributed by atoms with Crippen molar-refractivity contribution < 1.29 is 13.2 Å². The molecule has 28 heavy (non-hydrogen) atoms. The number of hydrogen-bond donors (Lipinski definition) is 0. The average Bonchev–Trinajstić information content (AvgIpc) is 3.37. The molecule has 1 heterocycles. The minimum absolute atomic E-state index is 0.107. The zero-order valence-electron chi connectivity index (χ0n) is 15.1. The van der Waals surface area contributed by atoms with Crippen LogP contribution in [-0.2, 0) is 10.0 Å². The Hall–Kier alpha value is -2.47. The highest BCUT2D eigenvalue weighted by Gasteiger charge is 2.73. The first-order valence-corrected chi connectivity index (χ1v) is 10.6. The van der Waals surface area contributed by atoms with Crippen molar-refractivity contribution in [2.24, 2.45) is 0 Å². The van der Waals surface area contributed by atoms with Crippen molar-refractivity contribution in [1.82, 2.24) is 4.31 Å². The third-order valence-corrected chi connectivity index (χ3v) is 7.44. The molecule has 1 fully saturated rings. The summed E-state index contributed by atoms with van der Waals surface area (Å²) in [6, 6.07) is 23.2. The van der Waals surface area contributed by atoms with Crippen LogP contribution in [0.5, 0.6) is 0 Å². The summed E-state index contributed by atoms with van der Waals surface area (Å²) in [5, 5.41) is 0. The maximum atomic E-state index is 13.3. The number of aryl methyl sites for hydroxylation is 1. The number of carbonyl (C=O) groups excluding carboxylic acids is 1. The second-order valence-corrected chi connectivity index (χ2v) is 9.19. The lowest BCUT2D eigenvalue weighted by Crippen LogP contribution is -2.27. The highest BCUT2D eigenvalue weighted by Crippen LogP contribution is 2.60. The molecule has 3 aromatic rings. The zero-order valence-corrected chi connectivity index (χ0v) is 16.7. The van der Waals surface area contributed by atoms with Gasteiger partial charge in [-0.1, -0.05) is 90.0 Å². The topological polar surface area (TPSA) is 54.2 Å². The van der Waals surface area contributed by atoms with Crippen LogP contribution in [0, 0.1) is 6.92 Å². The molecule has 142 valence electrons. The van der Waals surface area contributed by atoms with Gasteiger partial charge < -0.3 is 0 Å². The summed E-state index contributed by atoms with van der Waals surface area (Å²) in [6.45, 7) is 1.94. The quantitative estimate of drug-likeness (QED) is 0.267. The molecule has 1 aliphatic rings. The summed E-state index contributed by atoms with van der Waals surface area (Å²) in [6.07, 6.45) is 0. The van der Waals surface area contributed by atoms with E-state index in [2.05, 4.69) is 0 Å². The van der Waals surface area contributed by atoms with Crippen LogP contribution in [0.2, 0.25) is 0 Å². The van der Waals surface area contributed by atoms with Crippen LogP contribution < -0.4 is 0 Å². The second-order valence-electron chi connectivity index (χ2n) is 6.80. The van der Waals surface area contributed by atoms with E-state index in [-0.39, 0.29) is 4.90 Å². The zero-order chi connectivity index (χ0) is 19.9. The number of ketones is 1. The molecular formula is C22H18ClNO3S. The van der Waals surface area contributed by atoms with E-state index in [1.54, 1.807) is 48.5 Å². The van der Waals surface area contributed by atoms with E-state index in [0.717, 1.165) is 9.87 Å². The maximum Gasteiger partial charge on any atom is 0.245 e. The highest BCUT2D eigenvalue weighted by molar-refractivity contribution is 7.89. The van der Waals surface area contributed by atoms with E-state index in [1.165, 1.54) is 12.1 Å². The molecule has 1 saturated heterocycles. The van der Waals surface area contributed by atoms with Crippen molar-refractivity contribution in [3.05, 3.63) is 102 Å². The lowest BCUT2D eigenvalue weighted by Gasteiger charge is -2.10. The summed E-state index contributed by atoms with van der Waals surface area (Å²) in [5.41, 5.74) is 2.10. The molecule has 4 rings (SSSR count). The Kier molecular flexibility index (Phi) is 4.62. The van der Waals surface area contributed by atoms with E-state index in [1.807, 2.05) is 31.2 Å². The lowest BCUT2D eigenvalue weighted by atomic mass is 10.0. The van der Waals surface area contributed by atoms with Gasteiger partial charge in [0.2, 0.25) is 15.8 Å². The predicted octanol–water partition coefficient (Wildman–Crippen LogP) is 4.56. The first kappa shape index (κ1) is 18.9. The minimum Gasteiger partial charge on any atom is -0.291 e. The van der Waals surface area contributed by atoms with Crippen molar-refractivity contribution in [1.29, 1.82) is 0 Å². The smallest absolute Gasteiger partial charge is 0.245 e. The molecule has 0 spiro atoms. The number of alkyl halides is 1. The van der Waals surface area contributed by atoms with Gasteiger partial charge in [-0.3, -0.25) is 4.79 Å². The van der Waals surface area contributed by atoms with Gasteiger partial charge in [0.05, 0.1) is 10.9 Å². The number of nitrogens with zero attached hydrogens (tertiary/aromatic N) is 1. The molecule has 0 aromatic heterocycles. The van der Waals surface area contributed by atoms with Gasteiger partial charge in [0.1, 0.15) is 0 Å². The molecule has 0 aliphatic carbocycles. The van der Waals surface area contributed by atoms with Crippen LogP contribution in [0.25, 0.3) is 0 Å². The van der Waals surface area contributed by atoms with Crippen molar-refractivity contribution in [2.75, 3.05) is 0 Å². The first-order chi connectivity index (χ1) is 13.4. The van der Waals surface area contributed by atoms with E-state index in [0.29, 0.717) is 11.1 Å². The Morgan fingerprint density at radius 2 is 1.43 bits per heavy atom. The standard InChI is InChI=1S/C22H18ClNO3S/c1-16-12-14-17(15-13-16)20-22(23,21(25)18-8-4-2-5-9-18)24(20)28(26,27)19-10-6-3-7-11-19/h2-15,20H,1H3/t20-,22+,24?/m1/s1. The van der Waals surface area contributed by atoms with Crippen LogP contribution in [-0.4, -0.2) is 23.5 Å². The SMILES string of the molecule is Cc1ccc([C@H]2N(S(=O)(=O)c3ccccc3)[C@]2(Cl)C(=O)c2ccccc2)cc1. The lowest BCUT2D eigenvalue weighted by molar-refractivity contribution is 0.0965. The second kappa shape index (κ2) is 6.85. The minimum atomic E-state index is -3.95. The third-order valence-electron chi connectivity index (χ3n) is 4.90. The first-order valence-electron chi connectivity index (χ1n) is 8.82. The molecule has 6 heteroatoms. The Bertz CT molecular complexity index is 1120. The number of Topliss-reactive ketones (excluding diaryl/α,β-unsaturated/α-hetero) is 1. The van der Waals surface area contributed by atoms with Crippen LogP contribution in [0.1, 0.15) is 27.5 Å². The maximum absolute atomic E-state index is 13.3. The van der Waals surface area contributed by atoms with Gasteiger partial charge in [-0.2, -0.15) is 4.31 Å². The van der Waals surface area contributed by atoms with E-state index < -0.39 is 26.8 Å². The molecule has 0 bridgehead atoms.